The lowest BCUT2D eigenvalue weighted by atomic mass is 10.1. The number of alkyl carbamates (subject to hydrolysis) is 1. The van der Waals surface area contributed by atoms with Crippen LogP contribution in [0.25, 0.3) is 0 Å². The fourth-order valence-corrected chi connectivity index (χ4v) is 4.08. The number of nitrogens with zero attached hydrogens (tertiary/aromatic N) is 3. The second-order valence-electron chi connectivity index (χ2n) is 8.85. The highest BCUT2D eigenvalue weighted by Gasteiger charge is 2.22. The fourth-order valence-electron chi connectivity index (χ4n) is 4.08. The number of nitrogens with one attached hydrogen (secondary N) is 2. The number of unbranched alkanes of at least 4 members (excludes halogenated alkanes) is 1. The molecule has 1 aliphatic rings. The predicted molar refractivity (Wildman–Crippen MR) is 136 cm³/mol. The highest BCUT2D eigenvalue weighted by Crippen LogP contribution is 2.20. The van der Waals surface area contributed by atoms with Crippen LogP contribution in [0.15, 0.2) is 36.5 Å². The van der Waals surface area contributed by atoms with Gasteiger partial charge in [0.1, 0.15) is 18.5 Å². The van der Waals surface area contributed by atoms with Crippen molar-refractivity contribution in [3.8, 4) is 0 Å². The van der Waals surface area contributed by atoms with Gasteiger partial charge in [-0.2, -0.15) is 0 Å². The van der Waals surface area contributed by atoms with Crippen LogP contribution in [0.5, 0.6) is 0 Å². The van der Waals surface area contributed by atoms with Crippen LogP contribution in [0.1, 0.15) is 42.6 Å². The lowest BCUT2D eigenvalue weighted by Gasteiger charge is -2.24. The highest BCUT2D eigenvalue weighted by molar-refractivity contribution is 5.79. The largest absolute Gasteiger partial charge is 0.480 e. The van der Waals surface area contributed by atoms with Gasteiger partial charge in [0.25, 0.3) is 0 Å². The molecule has 196 valence electrons. The number of hydrogen-bond acceptors (Lipinski definition) is 8. The molecule has 0 saturated heterocycles. The molecule has 0 saturated carbocycles. The minimum Gasteiger partial charge on any atom is -0.480 e. The van der Waals surface area contributed by atoms with E-state index < -0.39 is 18.1 Å². The Morgan fingerprint density at radius 3 is 2.83 bits per heavy atom. The molecule has 3 heterocycles. The fraction of sp³-hybridized carbons (Fsp3) is 0.538. The average Bonchev–Trinajstić information content (AvgIpc) is 2.90. The summed E-state index contributed by atoms with van der Waals surface area (Å²) in [4.78, 5) is 34.8. The molecule has 0 bridgehead atoms. The summed E-state index contributed by atoms with van der Waals surface area (Å²) in [6.45, 7) is 3.52. The van der Waals surface area contributed by atoms with Crippen molar-refractivity contribution in [1.82, 2.24) is 20.2 Å². The van der Waals surface area contributed by atoms with Crippen LogP contribution in [-0.4, -0.2) is 78.0 Å². The Balaban J connectivity index is 1.41. The molecule has 0 spiro atoms. The monoisotopic (exact) mass is 499 g/mol. The number of carbonyl (C=O) groups excluding carboxylic acids is 1. The van der Waals surface area contributed by atoms with E-state index in [1.165, 1.54) is 5.56 Å². The number of anilines is 1. The Bertz CT molecular complexity index is 959. The molecule has 1 amide bonds. The van der Waals surface area contributed by atoms with Crippen LogP contribution < -0.4 is 10.6 Å². The zero-order valence-corrected chi connectivity index (χ0v) is 20.9. The second kappa shape index (κ2) is 15.0. The summed E-state index contributed by atoms with van der Waals surface area (Å²) in [5, 5.41) is 15.4. The summed E-state index contributed by atoms with van der Waals surface area (Å²) in [6, 6.07) is 8.53. The molecular weight excluding hydrogens is 462 g/mol. The lowest BCUT2D eigenvalue weighted by molar-refractivity contribution is -0.139. The van der Waals surface area contributed by atoms with Crippen LogP contribution in [0.2, 0.25) is 0 Å². The van der Waals surface area contributed by atoms with Gasteiger partial charge in [0.2, 0.25) is 0 Å². The topological polar surface area (TPSA) is 126 Å². The standard InChI is InChI=1S/C26H37N5O5/c1-35-18-17-31(15-5-3-8-21-11-10-20-7-6-14-28-24(20)29-21)16-12-23(25(32)33)30-26(34)36-19-22-9-2-4-13-27-22/h2,4,9-11,13,23H,3,5-8,12,14-19H2,1H3,(H,28,29)(H,30,34)(H,32,33). The van der Waals surface area contributed by atoms with Gasteiger partial charge in [-0.05, 0) is 68.8 Å². The van der Waals surface area contributed by atoms with E-state index in [0.29, 0.717) is 25.4 Å². The molecule has 1 unspecified atom stereocenters. The predicted octanol–water partition coefficient (Wildman–Crippen LogP) is 2.88. The van der Waals surface area contributed by atoms with Gasteiger partial charge >= 0.3 is 12.1 Å². The third-order valence-electron chi connectivity index (χ3n) is 6.12. The molecule has 0 aliphatic carbocycles. The van der Waals surface area contributed by atoms with E-state index in [-0.39, 0.29) is 13.0 Å². The van der Waals surface area contributed by atoms with Crippen molar-refractivity contribution >= 4 is 17.9 Å². The molecule has 2 aromatic rings. The Morgan fingerprint density at radius 1 is 1.17 bits per heavy atom. The summed E-state index contributed by atoms with van der Waals surface area (Å²) in [5.74, 6) is -0.0742. The van der Waals surface area contributed by atoms with Gasteiger partial charge in [-0.15, -0.1) is 0 Å². The van der Waals surface area contributed by atoms with Crippen LogP contribution in [0.4, 0.5) is 10.6 Å². The van der Waals surface area contributed by atoms with Crippen molar-refractivity contribution in [1.29, 1.82) is 0 Å². The number of carboxylic acid groups (broad SMARTS) is 1. The van der Waals surface area contributed by atoms with E-state index >= 15 is 0 Å². The van der Waals surface area contributed by atoms with Gasteiger partial charge in [-0.3, -0.25) is 4.98 Å². The Labute approximate surface area is 212 Å². The first-order valence-corrected chi connectivity index (χ1v) is 12.5. The number of aliphatic carboxylic acids is 1. The Hall–Kier alpha value is -3.24. The number of pyridine rings is 2. The molecule has 0 radical (unpaired) electrons. The van der Waals surface area contributed by atoms with Crippen molar-refractivity contribution < 1.29 is 24.2 Å². The molecule has 36 heavy (non-hydrogen) atoms. The van der Waals surface area contributed by atoms with Gasteiger partial charge in [-0.25, -0.2) is 14.6 Å². The maximum absolute atomic E-state index is 12.1. The van der Waals surface area contributed by atoms with Crippen molar-refractivity contribution in [3.63, 3.8) is 0 Å². The SMILES string of the molecule is COCCN(CCCCc1ccc2c(n1)NCCC2)CCC(NC(=O)OCc1ccccn1)C(=O)O. The molecular formula is C26H37N5O5. The number of amides is 1. The van der Waals surface area contributed by atoms with Crippen molar-refractivity contribution in [3.05, 3.63) is 53.5 Å². The van der Waals surface area contributed by atoms with E-state index in [2.05, 4.69) is 32.7 Å². The van der Waals surface area contributed by atoms with Crippen LogP contribution in [0, 0.1) is 0 Å². The van der Waals surface area contributed by atoms with E-state index in [1.807, 2.05) is 0 Å². The van der Waals surface area contributed by atoms with Gasteiger partial charge in [0.05, 0.1) is 12.3 Å². The van der Waals surface area contributed by atoms with Gasteiger partial charge in [0.15, 0.2) is 0 Å². The van der Waals surface area contributed by atoms with Crippen molar-refractivity contribution in [2.24, 2.45) is 0 Å². The molecule has 0 aromatic carbocycles. The second-order valence-corrected chi connectivity index (χ2v) is 8.85. The normalized spacial score (nSPS) is 13.5. The summed E-state index contributed by atoms with van der Waals surface area (Å²) in [6.07, 6.45) is 6.15. The minimum atomic E-state index is -1.09. The molecule has 10 heteroatoms. The van der Waals surface area contributed by atoms with Gasteiger partial charge in [-0.1, -0.05) is 12.1 Å². The van der Waals surface area contributed by atoms with Crippen LogP contribution >= 0.6 is 0 Å². The molecule has 0 fully saturated rings. The first kappa shape index (κ1) is 27.3. The van der Waals surface area contributed by atoms with E-state index in [9.17, 15) is 14.7 Å². The third-order valence-corrected chi connectivity index (χ3v) is 6.12. The van der Waals surface area contributed by atoms with Crippen molar-refractivity contribution in [2.45, 2.75) is 51.2 Å². The Kier molecular flexibility index (Phi) is 11.4. The molecule has 1 atom stereocenters. The molecule has 10 nitrogen and oxygen atoms in total. The quantitative estimate of drug-likeness (QED) is 0.317. The third kappa shape index (κ3) is 9.43. The van der Waals surface area contributed by atoms with Crippen LogP contribution in [0.3, 0.4) is 0 Å². The number of ether oxygens (including phenoxy) is 2. The van der Waals surface area contributed by atoms with Gasteiger partial charge in [0, 0.05) is 38.6 Å². The lowest BCUT2D eigenvalue weighted by Crippen LogP contribution is -2.43. The zero-order chi connectivity index (χ0) is 25.6. The number of carbonyl (C=O) groups is 2. The first-order valence-electron chi connectivity index (χ1n) is 12.5. The molecule has 2 aromatic heterocycles. The van der Waals surface area contributed by atoms with Gasteiger partial charge < -0.3 is 30.1 Å². The summed E-state index contributed by atoms with van der Waals surface area (Å²) in [5.41, 5.74) is 2.97. The number of fused-ring (bicyclic) bond motifs is 1. The zero-order valence-electron chi connectivity index (χ0n) is 20.9. The number of rotatable bonds is 15. The summed E-state index contributed by atoms with van der Waals surface area (Å²) >= 11 is 0. The maximum Gasteiger partial charge on any atom is 0.408 e. The van der Waals surface area contributed by atoms with E-state index in [4.69, 9.17) is 14.5 Å². The summed E-state index contributed by atoms with van der Waals surface area (Å²) < 4.78 is 10.3. The maximum atomic E-state index is 12.1. The van der Waals surface area contributed by atoms with E-state index in [0.717, 1.165) is 56.7 Å². The van der Waals surface area contributed by atoms with E-state index in [1.54, 1.807) is 31.5 Å². The number of methoxy groups -OCH3 is 1. The minimum absolute atomic E-state index is 0.0197. The molecule has 1 aliphatic heterocycles. The number of aryl methyl sites for hydroxylation is 2. The molecule has 3 rings (SSSR count). The number of hydrogen-bond donors (Lipinski definition) is 3. The smallest absolute Gasteiger partial charge is 0.408 e. The Morgan fingerprint density at radius 2 is 2.06 bits per heavy atom. The van der Waals surface area contributed by atoms with Crippen LogP contribution in [-0.2, 0) is 33.7 Å². The average molecular weight is 500 g/mol. The molecule has 3 N–H and O–H groups in total. The number of aromatic nitrogens is 2. The highest BCUT2D eigenvalue weighted by atomic mass is 16.5. The van der Waals surface area contributed by atoms with Crippen molar-refractivity contribution in [2.75, 3.05) is 45.2 Å². The first-order chi connectivity index (χ1) is 17.5. The summed E-state index contributed by atoms with van der Waals surface area (Å²) in [7, 11) is 1.65. The number of carboxylic acids is 1.